The van der Waals surface area contributed by atoms with Gasteiger partial charge >= 0.3 is 0 Å². The van der Waals surface area contributed by atoms with Crippen molar-refractivity contribution in [3.63, 3.8) is 0 Å². The number of halogens is 1. The maximum atomic E-state index is 13.2. The number of para-hydroxylation sites is 1. The lowest BCUT2D eigenvalue weighted by atomic mass is 9.88. The summed E-state index contributed by atoms with van der Waals surface area (Å²) in [5.41, 5.74) is 11.3. The highest BCUT2D eigenvalue weighted by Crippen LogP contribution is 2.27. The van der Waals surface area contributed by atoms with Crippen molar-refractivity contribution in [2.75, 3.05) is 7.11 Å². The summed E-state index contributed by atoms with van der Waals surface area (Å²) in [5, 5.41) is 0. The van der Waals surface area contributed by atoms with Crippen LogP contribution < -0.4 is 4.74 Å². The van der Waals surface area contributed by atoms with Gasteiger partial charge in [0.2, 0.25) is 0 Å². The third-order valence-corrected chi connectivity index (χ3v) is 10.9. The Balaban J connectivity index is 0.000000401. The van der Waals surface area contributed by atoms with Crippen molar-refractivity contribution in [3.8, 4) is 5.75 Å². The highest BCUT2D eigenvalue weighted by atomic mass is 19.1. The Hall–Kier alpha value is -4.11. The number of hydrogen-bond acceptors (Lipinski definition) is 1. The average molecular weight is 876 g/mol. The SMILES string of the molecule is CC(C)(C)CCc1ccccc1.CC(C)(C)CCc1ccccc1F.COc1ccccc1CCC(C)(C)C.Cc1ccc(CCC(C)(C)C)cc1C.Cn1cccc1CC(C)(C)C. The molecule has 0 amide bonds. The van der Waals surface area contributed by atoms with Gasteiger partial charge in [0.1, 0.15) is 11.6 Å². The molecular formula is C61H94FNO. The molecule has 0 bridgehead atoms. The van der Waals surface area contributed by atoms with Crippen LogP contribution in [-0.4, -0.2) is 11.7 Å². The molecule has 356 valence electrons. The zero-order valence-electron chi connectivity index (χ0n) is 44.6. The van der Waals surface area contributed by atoms with E-state index in [0.717, 1.165) is 37.0 Å². The van der Waals surface area contributed by atoms with Crippen molar-refractivity contribution >= 4 is 0 Å². The maximum Gasteiger partial charge on any atom is 0.126 e. The van der Waals surface area contributed by atoms with Crippen LogP contribution >= 0.6 is 0 Å². The Morgan fingerprint density at radius 3 is 1.36 bits per heavy atom. The van der Waals surface area contributed by atoms with E-state index < -0.39 is 0 Å². The molecule has 1 aromatic heterocycles. The minimum absolute atomic E-state index is 0.0771. The number of aromatic nitrogens is 1. The Kier molecular flexibility index (Phi) is 24.8. The molecule has 0 spiro atoms. The van der Waals surface area contributed by atoms with Crippen LogP contribution in [0.3, 0.4) is 0 Å². The average Bonchev–Trinajstić information content (AvgIpc) is 3.59. The topological polar surface area (TPSA) is 14.2 Å². The summed E-state index contributed by atoms with van der Waals surface area (Å²) in [6.45, 7) is 38.2. The van der Waals surface area contributed by atoms with Crippen LogP contribution in [0.25, 0.3) is 0 Å². The first-order valence-corrected chi connectivity index (χ1v) is 24.0. The lowest BCUT2D eigenvalue weighted by Gasteiger charge is -2.18. The molecule has 0 atom stereocenters. The number of methoxy groups -OCH3 is 1. The summed E-state index contributed by atoms with van der Waals surface area (Å²) in [4.78, 5) is 0. The van der Waals surface area contributed by atoms with E-state index in [1.807, 2.05) is 24.3 Å². The normalized spacial score (nSPS) is 11.7. The van der Waals surface area contributed by atoms with Gasteiger partial charge in [0.15, 0.2) is 0 Å². The summed E-state index contributed by atoms with van der Waals surface area (Å²) in [6.07, 6.45) is 12.3. The second kappa shape index (κ2) is 27.4. The number of aryl methyl sites for hydroxylation is 7. The van der Waals surface area contributed by atoms with Gasteiger partial charge < -0.3 is 9.30 Å². The Labute approximate surface area is 394 Å². The highest BCUT2D eigenvalue weighted by molar-refractivity contribution is 5.33. The number of rotatable bonds is 10. The molecule has 0 aliphatic carbocycles. The van der Waals surface area contributed by atoms with Crippen molar-refractivity contribution < 1.29 is 9.13 Å². The lowest BCUT2D eigenvalue weighted by Crippen LogP contribution is -2.11. The Morgan fingerprint density at radius 1 is 0.453 bits per heavy atom. The van der Waals surface area contributed by atoms with Gasteiger partial charge in [0.05, 0.1) is 7.11 Å². The number of benzene rings is 4. The second-order valence-corrected chi connectivity index (χ2v) is 23.9. The Bertz CT molecular complexity index is 1980. The van der Waals surface area contributed by atoms with Crippen molar-refractivity contribution in [2.45, 2.75) is 175 Å². The summed E-state index contributed by atoms with van der Waals surface area (Å²) in [7, 11) is 3.83. The van der Waals surface area contributed by atoms with E-state index in [1.165, 1.54) is 71.7 Å². The van der Waals surface area contributed by atoms with Crippen LogP contribution in [0.15, 0.2) is 115 Å². The van der Waals surface area contributed by atoms with Crippen LogP contribution in [0.5, 0.6) is 5.75 Å². The van der Waals surface area contributed by atoms with E-state index in [0.29, 0.717) is 21.7 Å². The first-order chi connectivity index (χ1) is 29.5. The minimum Gasteiger partial charge on any atom is -0.496 e. The molecule has 0 saturated carbocycles. The molecule has 0 saturated heterocycles. The summed E-state index contributed by atoms with van der Waals surface area (Å²) >= 11 is 0. The van der Waals surface area contributed by atoms with E-state index in [1.54, 1.807) is 13.2 Å². The highest BCUT2D eigenvalue weighted by Gasteiger charge is 2.14. The van der Waals surface area contributed by atoms with E-state index in [2.05, 4.69) is 208 Å². The third-order valence-electron chi connectivity index (χ3n) is 10.9. The van der Waals surface area contributed by atoms with Crippen molar-refractivity contribution in [1.82, 2.24) is 4.57 Å². The maximum absolute atomic E-state index is 13.2. The first-order valence-electron chi connectivity index (χ1n) is 24.0. The van der Waals surface area contributed by atoms with Crippen LogP contribution in [0.4, 0.5) is 4.39 Å². The molecule has 2 nitrogen and oxygen atoms in total. The molecule has 5 rings (SSSR count). The lowest BCUT2D eigenvalue weighted by molar-refractivity contribution is 0.369. The monoisotopic (exact) mass is 876 g/mol. The summed E-state index contributed by atoms with van der Waals surface area (Å²) in [6, 6.07) is 37.0. The molecule has 0 fully saturated rings. The van der Waals surface area contributed by atoms with Crippen LogP contribution in [0.1, 0.15) is 169 Å². The van der Waals surface area contributed by atoms with Crippen LogP contribution in [0.2, 0.25) is 0 Å². The van der Waals surface area contributed by atoms with Gasteiger partial charge in [0.25, 0.3) is 0 Å². The number of ether oxygens (including phenoxy) is 1. The van der Waals surface area contributed by atoms with E-state index in [9.17, 15) is 4.39 Å². The largest absolute Gasteiger partial charge is 0.496 e. The standard InChI is InChI=1S/C14H22.C13H20O.C12H17F.C12H18.C10H17N/c1-11-6-7-13(10-12(11)2)8-9-14(3,4)5;1-13(2,3)10-9-11-7-5-6-8-12(11)14-4;1-12(2,3)9-8-10-6-4-5-7-11(10)13;1-12(2,3)10-9-11-7-5-4-6-8-11;1-10(2,3)8-9-6-5-7-11(9)4/h6-7,10H,8-9H2,1-5H3;5-8H,9-10H2,1-4H3;4-7H,8-9H2,1-3H3;4-8H,9-10H2,1-3H3;5-7H,8H2,1-4H3. The quantitative estimate of drug-likeness (QED) is 0.136. The van der Waals surface area contributed by atoms with Crippen molar-refractivity contribution in [1.29, 1.82) is 0 Å². The molecule has 3 heteroatoms. The molecule has 64 heavy (non-hydrogen) atoms. The van der Waals surface area contributed by atoms with Crippen molar-refractivity contribution in [2.24, 2.45) is 34.1 Å². The van der Waals surface area contributed by atoms with Gasteiger partial charge in [-0.3, -0.25) is 0 Å². The zero-order chi connectivity index (χ0) is 48.8. The van der Waals surface area contributed by atoms with Gasteiger partial charge in [-0.1, -0.05) is 189 Å². The van der Waals surface area contributed by atoms with Gasteiger partial charge in [-0.05, 0) is 156 Å². The zero-order valence-corrected chi connectivity index (χ0v) is 44.6. The molecule has 0 aliphatic rings. The number of nitrogens with zero attached hydrogens (tertiary/aromatic N) is 1. The van der Waals surface area contributed by atoms with Gasteiger partial charge in [-0.2, -0.15) is 0 Å². The fourth-order valence-electron chi connectivity index (χ4n) is 6.50. The molecular weight excluding hydrogens is 782 g/mol. The molecule has 0 N–H and O–H groups in total. The van der Waals surface area contributed by atoms with Gasteiger partial charge in [-0.25, -0.2) is 4.39 Å². The summed E-state index contributed by atoms with van der Waals surface area (Å²) < 4.78 is 20.7. The van der Waals surface area contributed by atoms with E-state index >= 15 is 0 Å². The second-order valence-electron chi connectivity index (χ2n) is 23.9. The van der Waals surface area contributed by atoms with E-state index in [4.69, 9.17) is 4.74 Å². The predicted molar refractivity (Wildman–Crippen MR) is 281 cm³/mol. The first kappa shape index (κ1) is 57.9. The number of hydrogen-bond donors (Lipinski definition) is 0. The smallest absolute Gasteiger partial charge is 0.126 e. The van der Waals surface area contributed by atoms with Gasteiger partial charge in [-0.15, -0.1) is 0 Å². The van der Waals surface area contributed by atoms with Gasteiger partial charge in [0, 0.05) is 18.9 Å². The third kappa shape index (κ3) is 29.4. The minimum atomic E-state index is -0.0771. The molecule has 5 aromatic rings. The fraction of sp³-hybridized carbons (Fsp3) is 0.541. The molecule has 0 aliphatic heterocycles. The van der Waals surface area contributed by atoms with Crippen molar-refractivity contribution in [3.05, 3.63) is 160 Å². The summed E-state index contributed by atoms with van der Waals surface area (Å²) in [5.74, 6) is 0.934. The molecule has 4 aromatic carbocycles. The molecule has 0 radical (unpaired) electrons. The molecule has 1 heterocycles. The predicted octanol–water partition coefficient (Wildman–Crippen LogP) is 18.0. The van der Waals surface area contributed by atoms with Crippen LogP contribution in [-0.2, 0) is 39.2 Å². The Morgan fingerprint density at radius 2 is 0.906 bits per heavy atom. The van der Waals surface area contributed by atoms with Crippen LogP contribution in [0, 0.1) is 46.7 Å². The fourth-order valence-corrected chi connectivity index (χ4v) is 6.50. The molecule has 0 unspecified atom stereocenters. The van der Waals surface area contributed by atoms with E-state index in [-0.39, 0.29) is 11.2 Å².